The number of hydrogen-bond acceptors (Lipinski definition) is 4. The summed E-state index contributed by atoms with van der Waals surface area (Å²) in [7, 11) is 0. The van der Waals surface area contributed by atoms with Crippen LogP contribution in [-0.2, 0) is 9.53 Å². The van der Waals surface area contributed by atoms with E-state index in [1.165, 1.54) is 4.52 Å². The molecule has 7 nitrogen and oxygen atoms in total. The molecule has 1 amide bonds. The first-order valence-electron chi connectivity index (χ1n) is 9.13. The molecule has 1 N–H and O–H groups in total. The van der Waals surface area contributed by atoms with Gasteiger partial charge in [-0.25, -0.2) is 9.50 Å². The highest BCUT2D eigenvalue weighted by Gasteiger charge is 2.27. The van der Waals surface area contributed by atoms with Gasteiger partial charge in [-0.2, -0.15) is 0 Å². The Morgan fingerprint density at radius 3 is 2.76 bits per heavy atom. The van der Waals surface area contributed by atoms with E-state index in [9.17, 15) is 9.59 Å². The van der Waals surface area contributed by atoms with Gasteiger partial charge in [-0.3, -0.25) is 14.7 Å². The third-order valence-electron chi connectivity index (χ3n) is 5.47. The lowest BCUT2D eigenvalue weighted by Crippen LogP contribution is -2.39. The molecule has 134 valence electrons. The Bertz CT molecular complexity index is 798. The normalized spacial score (nSPS) is 20.2. The van der Waals surface area contributed by atoms with Crippen LogP contribution in [0.25, 0.3) is 5.65 Å². The second-order valence-corrected chi connectivity index (χ2v) is 7.09. The summed E-state index contributed by atoms with van der Waals surface area (Å²) in [6.07, 6.45) is 6.08. The summed E-state index contributed by atoms with van der Waals surface area (Å²) >= 11 is 0. The highest BCUT2D eigenvalue weighted by molar-refractivity contribution is 5.76. The smallest absolute Gasteiger partial charge is 0.272 e. The van der Waals surface area contributed by atoms with Gasteiger partial charge in [-0.05, 0) is 31.6 Å². The Morgan fingerprint density at radius 2 is 2.00 bits per heavy atom. The standard InChI is InChI=1S/C18H24N4O3/c23-17(11-13-4-9-25-10-5-13)21-7-2-14(3-8-21)15-12-18(24)22-16(20-15)1-6-19-22/h1,6,12-14,19H,2-5,7-11H2. The van der Waals surface area contributed by atoms with E-state index >= 15 is 0 Å². The number of likely N-dealkylation sites (tertiary alicyclic amines) is 1. The minimum atomic E-state index is -0.0805. The fourth-order valence-corrected chi connectivity index (χ4v) is 3.91. The van der Waals surface area contributed by atoms with Crippen molar-refractivity contribution in [2.45, 2.75) is 38.0 Å². The molecule has 2 saturated heterocycles. The summed E-state index contributed by atoms with van der Waals surface area (Å²) in [4.78, 5) is 31.2. The van der Waals surface area contributed by atoms with Gasteiger partial charge in [-0.1, -0.05) is 0 Å². The van der Waals surface area contributed by atoms with Gasteiger partial charge in [0.05, 0.1) is 5.69 Å². The number of aromatic amines is 1. The van der Waals surface area contributed by atoms with Crippen molar-refractivity contribution in [2.75, 3.05) is 26.3 Å². The van der Waals surface area contributed by atoms with E-state index in [2.05, 4.69) is 10.1 Å². The van der Waals surface area contributed by atoms with Crippen LogP contribution < -0.4 is 5.56 Å². The Hall–Kier alpha value is -2.15. The van der Waals surface area contributed by atoms with Gasteiger partial charge in [-0.15, -0.1) is 0 Å². The second kappa shape index (κ2) is 7.00. The highest BCUT2D eigenvalue weighted by atomic mass is 16.5. The van der Waals surface area contributed by atoms with Crippen molar-refractivity contribution in [2.24, 2.45) is 5.92 Å². The van der Waals surface area contributed by atoms with E-state index in [4.69, 9.17) is 4.74 Å². The molecule has 0 aliphatic carbocycles. The Labute approximate surface area is 146 Å². The molecule has 2 aliphatic heterocycles. The topological polar surface area (TPSA) is 79.7 Å². The number of carbonyl (C=O) groups is 1. The van der Waals surface area contributed by atoms with Crippen LogP contribution in [-0.4, -0.2) is 51.7 Å². The molecule has 2 aromatic rings. The first-order valence-corrected chi connectivity index (χ1v) is 9.13. The molecule has 2 aliphatic rings. The predicted molar refractivity (Wildman–Crippen MR) is 92.5 cm³/mol. The van der Waals surface area contributed by atoms with E-state index in [1.807, 2.05) is 4.90 Å². The van der Waals surface area contributed by atoms with Crippen LogP contribution in [0.3, 0.4) is 0 Å². The maximum absolute atomic E-state index is 12.5. The number of fused-ring (bicyclic) bond motifs is 1. The van der Waals surface area contributed by atoms with Crippen LogP contribution in [0.4, 0.5) is 0 Å². The quantitative estimate of drug-likeness (QED) is 0.916. The third kappa shape index (κ3) is 3.46. The number of nitrogens with zero attached hydrogens (tertiary/aromatic N) is 3. The average Bonchev–Trinajstić information content (AvgIpc) is 3.12. The average molecular weight is 344 g/mol. The molecule has 0 bridgehead atoms. The molecule has 0 radical (unpaired) electrons. The van der Waals surface area contributed by atoms with Gasteiger partial charge >= 0.3 is 0 Å². The van der Waals surface area contributed by atoms with Crippen molar-refractivity contribution in [1.82, 2.24) is 19.5 Å². The molecule has 25 heavy (non-hydrogen) atoms. The first kappa shape index (κ1) is 16.3. The minimum absolute atomic E-state index is 0.0805. The minimum Gasteiger partial charge on any atom is -0.381 e. The molecule has 2 aromatic heterocycles. The number of amides is 1. The monoisotopic (exact) mass is 344 g/mol. The molecular weight excluding hydrogens is 320 g/mol. The van der Waals surface area contributed by atoms with Crippen LogP contribution in [0.15, 0.2) is 23.1 Å². The highest BCUT2D eigenvalue weighted by Crippen LogP contribution is 2.28. The number of nitrogens with one attached hydrogen (secondary N) is 1. The molecule has 2 fully saturated rings. The third-order valence-corrected chi connectivity index (χ3v) is 5.47. The molecule has 0 unspecified atom stereocenters. The summed E-state index contributed by atoms with van der Waals surface area (Å²) in [5, 5.41) is 2.86. The maximum atomic E-state index is 12.5. The van der Waals surface area contributed by atoms with Gasteiger partial charge < -0.3 is 9.64 Å². The number of rotatable bonds is 3. The fourth-order valence-electron chi connectivity index (χ4n) is 3.91. The zero-order valence-corrected chi connectivity index (χ0v) is 14.3. The lowest BCUT2D eigenvalue weighted by atomic mass is 9.91. The lowest BCUT2D eigenvalue weighted by molar-refractivity contribution is -0.134. The summed E-state index contributed by atoms with van der Waals surface area (Å²) < 4.78 is 6.80. The van der Waals surface area contributed by atoms with Crippen LogP contribution >= 0.6 is 0 Å². The van der Waals surface area contributed by atoms with Crippen molar-refractivity contribution in [3.8, 4) is 0 Å². The molecule has 0 saturated carbocycles. The van der Waals surface area contributed by atoms with Gasteiger partial charge in [0.15, 0.2) is 5.65 Å². The van der Waals surface area contributed by atoms with Crippen LogP contribution in [0.2, 0.25) is 0 Å². The van der Waals surface area contributed by atoms with E-state index < -0.39 is 0 Å². The fraction of sp³-hybridized carbons (Fsp3) is 0.611. The van der Waals surface area contributed by atoms with Crippen molar-refractivity contribution in [1.29, 1.82) is 0 Å². The molecule has 0 spiro atoms. The predicted octanol–water partition coefficient (Wildman–Crippen LogP) is 1.55. The number of piperidine rings is 1. The van der Waals surface area contributed by atoms with Crippen molar-refractivity contribution >= 4 is 11.6 Å². The maximum Gasteiger partial charge on any atom is 0.272 e. The lowest BCUT2D eigenvalue weighted by Gasteiger charge is -2.33. The molecule has 4 heterocycles. The molecular formula is C18H24N4O3. The van der Waals surface area contributed by atoms with Gasteiger partial charge in [0.2, 0.25) is 5.91 Å². The SMILES string of the molecule is O=C(CC1CCOCC1)N1CCC(c2cc(=O)n3[nH]ccc3n2)CC1. The van der Waals surface area contributed by atoms with E-state index in [0.717, 1.165) is 57.7 Å². The van der Waals surface area contributed by atoms with E-state index in [0.29, 0.717) is 18.0 Å². The van der Waals surface area contributed by atoms with Gasteiger partial charge in [0.25, 0.3) is 5.56 Å². The Balaban J connectivity index is 1.37. The number of ether oxygens (including phenoxy) is 1. The summed E-state index contributed by atoms with van der Waals surface area (Å²) in [5.41, 5.74) is 1.42. The summed E-state index contributed by atoms with van der Waals surface area (Å²) in [6, 6.07) is 3.42. The Morgan fingerprint density at radius 1 is 1.24 bits per heavy atom. The van der Waals surface area contributed by atoms with Crippen molar-refractivity contribution in [3.05, 3.63) is 34.4 Å². The van der Waals surface area contributed by atoms with Gasteiger partial charge in [0.1, 0.15) is 0 Å². The zero-order valence-electron chi connectivity index (χ0n) is 14.3. The van der Waals surface area contributed by atoms with E-state index in [-0.39, 0.29) is 17.4 Å². The van der Waals surface area contributed by atoms with Crippen LogP contribution in [0.1, 0.15) is 43.7 Å². The molecule has 4 rings (SSSR count). The van der Waals surface area contributed by atoms with Crippen molar-refractivity contribution < 1.29 is 9.53 Å². The zero-order chi connectivity index (χ0) is 17.2. The Kier molecular flexibility index (Phi) is 4.57. The largest absolute Gasteiger partial charge is 0.381 e. The van der Waals surface area contributed by atoms with Gasteiger partial charge in [0, 0.05) is 57.0 Å². The number of hydrogen-bond donors (Lipinski definition) is 1. The second-order valence-electron chi connectivity index (χ2n) is 7.09. The number of H-pyrrole nitrogens is 1. The molecule has 0 atom stereocenters. The van der Waals surface area contributed by atoms with E-state index in [1.54, 1.807) is 18.3 Å². The number of aromatic nitrogens is 3. The molecule has 0 aromatic carbocycles. The number of carbonyl (C=O) groups excluding carboxylic acids is 1. The first-order chi connectivity index (χ1) is 12.2. The van der Waals surface area contributed by atoms with Crippen LogP contribution in [0, 0.1) is 5.92 Å². The summed E-state index contributed by atoms with van der Waals surface area (Å²) in [6.45, 7) is 3.06. The van der Waals surface area contributed by atoms with Crippen LogP contribution in [0.5, 0.6) is 0 Å². The summed E-state index contributed by atoms with van der Waals surface area (Å²) in [5.74, 6) is 0.982. The van der Waals surface area contributed by atoms with Crippen molar-refractivity contribution in [3.63, 3.8) is 0 Å². The molecule has 7 heteroatoms.